The van der Waals surface area contributed by atoms with Crippen LogP contribution >= 0.6 is 0 Å². The molecule has 0 saturated carbocycles. The third-order valence-electron chi connectivity index (χ3n) is 4.20. The Morgan fingerprint density at radius 1 is 1.24 bits per heavy atom. The molecule has 1 heterocycles. The number of rotatable bonds is 8. The Morgan fingerprint density at radius 3 is 2.52 bits per heavy atom. The molecular weight excluding hydrogens is 454 g/mol. The molecule has 0 aliphatic heterocycles. The SMILES string of the molecule is CS(=O)(=O)c1nc(NCc2ccccc2)c([N+](=O)[O-])c(Oc2ccc(C#N)c(C(=O)O)c2)n1. The molecule has 0 aliphatic rings. The molecule has 2 aromatic carbocycles. The van der Waals surface area contributed by atoms with Gasteiger partial charge in [0.2, 0.25) is 15.7 Å². The maximum absolute atomic E-state index is 12.1. The van der Waals surface area contributed by atoms with Crippen LogP contribution in [0.15, 0.2) is 53.7 Å². The second-order valence-corrected chi connectivity index (χ2v) is 8.51. The van der Waals surface area contributed by atoms with E-state index in [0.29, 0.717) is 0 Å². The van der Waals surface area contributed by atoms with Crippen molar-refractivity contribution in [2.75, 3.05) is 11.6 Å². The second kappa shape index (κ2) is 9.28. The number of aromatic nitrogens is 2. The molecule has 12 nitrogen and oxygen atoms in total. The van der Waals surface area contributed by atoms with Crippen molar-refractivity contribution >= 4 is 27.3 Å². The summed E-state index contributed by atoms with van der Waals surface area (Å²) in [5, 5.41) is 32.1. The van der Waals surface area contributed by atoms with Crippen molar-refractivity contribution in [3.05, 3.63) is 75.3 Å². The number of nitrogens with zero attached hydrogens (tertiary/aromatic N) is 4. The van der Waals surface area contributed by atoms with E-state index in [1.807, 2.05) is 0 Å². The number of anilines is 1. The molecule has 0 fully saturated rings. The van der Waals surface area contributed by atoms with Crippen molar-refractivity contribution in [3.8, 4) is 17.7 Å². The van der Waals surface area contributed by atoms with Crippen molar-refractivity contribution in [2.45, 2.75) is 11.7 Å². The first-order valence-electron chi connectivity index (χ1n) is 9.09. The maximum Gasteiger partial charge on any atom is 0.373 e. The number of carboxylic acid groups (broad SMARTS) is 1. The number of hydrogen-bond acceptors (Lipinski definition) is 10. The van der Waals surface area contributed by atoms with Gasteiger partial charge >= 0.3 is 17.5 Å². The van der Waals surface area contributed by atoms with Crippen molar-refractivity contribution in [1.29, 1.82) is 5.26 Å². The Labute approximate surface area is 187 Å². The largest absolute Gasteiger partial charge is 0.478 e. The molecule has 3 rings (SSSR count). The second-order valence-electron chi connectivity index (χ2n) is 6.60. The Balaban J connectivity index is 2.11. The molecule has 3 aromatic rings. The summed E-state index contributed by atoms with van der Waals surface area (Å²) in [5.41, 5.74) is -0.571. The first-order chi connectivity index (χ1) is 15.6. The zero-order valence-corrected chi connectivity index (χ0v) is 17.7. The van der Waals surface area contributed by atoms with Gasteiger partial charge in [0, 0.05) is 12.8 Å². The van der Waals surface area contributed by atoms with Crippen LogP contribution in [0.3, 0.4) is 0 Å². The number of nitriles is 1. The van der Waals surface area contributed by atoms with Gasteiger partial charge in [-0.2, -0.15) is 15.2 Å². The number of carboxylic acids is 1. The Hall–Kier alpha value is -4.57. The number of hydrogen-bond donors (Lipinski definition) is 2. The molecule has 2 N–H and O–H groups in total. The van der Waals surface area contributed by atoms with Crippen molar-refractivity contribution in [1.82, 2.24) is 9.97 Å². The van der Waals surface area contributed by atoms with Crippen molar-refractivity contribution in [3.63, 3.8) is 0 Å². The highest BCUT2D eigenvalue weighted by Gasteiger charge is 2.30. The lowest BCUT2D eigenvalue weighted by Gasteiger charge is -2.12. The van der Waals surface area contributed by atoms with E-state index < -0.39 is 48.8 Å². The summed E-state index contributed by atoms with van der Waals surface area (Å²) in [7, 11) is -4.00. The molecular formula is C20H15N5O7S. The van der Waals surface area contributed by atoms with Gasteiger partial charge in [0.1, 0.15) is 11.8 Å². The fraction of sp³-hybridized carbons (Fsp3) is 0.100. The summed E-state index contributed by atoms with van der Waals surface area (Å²) < 4.78 is 29.6. The predicted octanol–water partition coefficient (Wildman–Crippen LogP) is 2.76. The van der Waals surface area contributed by atoms with Gasteiger partial charge < -0.3 is 15.2 Å². The Bertz CT molecular complexity index is 1390. The normalized spacial score (nSPS) is 10.8. The average molecular weight is 469 g/mol. The third-order valence-corrected chi connectivity index (χ3v) is 5.05. The van der Waals surface area contributed by atoms with Gasteiger partial charge in [-0.15, -0.1) is 0 Å². The quantitative estimate of drug-likeness (QED) is 0.281. The molecule has 33 heavy (non-hydrogen) atoms. The van der Waals surface area contributed by atoms with Crippen molar-refractivity contribution < 1.29 is 28.0 Å². The van der Waals surface area contributed by atoms with E-state index in [1.165, 1.54) is 6.07 Å². The molecule has 168 valence electrons. The number of nitro groups is 1. The fourth-order valence-electron chi connectivity index (χ4n) is 2.69. The zero-order valence-electron chi connectivity index (χ0n) is 16.9. The predicted molar refractivity (Wildman–Crippen MR) is 114 cm³/mol. The summed E-state index contributed by atoms with van der Waals surface area (Å²) in [6, 6.07) is 13.8. The van der Waals surface area contributed by atoms with Crippen molar-refractivity contribution in [2.24, 2.45) is 0 Å². The molecule has 0 aliphatic carbocycles. The van der Waals surface area contributed by atoms with Gasteiger partial charge in [0.15, 0.2) is 0 Å². The van der Waals surface area contributed by atoms with Gasteiger partial charge in [-0.3, -0.25) is 10.1 Å². The summed E-state index contributed by atoms with van der Waals surface area (Å²) in [6.45, 7) is 0.0847. The molecule has 0 atom stereocenters. The van der Waals surface area contributed by atoms with E-state index in [9.17, 15) is 28.4 Å². The number of nitrogens with one attached hydrogen (secondary N) is 1. The Morgan fingerprint density at radius 2 is 1.94 bits per heavy atom. The van der Waals surface area contributed by atoms with Crippen LogP contribution < -0.4 is 10.1 Å². The lowest BCUT2D eigenvalue weighted by Crippen LogP contribution is -2.12. The lowest BCUT2D eigenvalue weighted by molar-refractivity contribution is -0.385. The van der Waals surface area contributed by atoms with E-state index in [-0.39, 0.29) is 17.9 Å². The summed E-state index contributed by atoms with van der Waals surface area (Å²) in [6.07, 6.45) is 0.823. The summed E-state index contributed by atoms with van der Waals surface area (Å²) in [4.78, 5) is 29.8. The first kappa shape index (κ1) is 23.1. The minimum Gasteiger partial charge on any atom is -0.478 e. The molecule has 0 amide bonds. The summed E-state index contributed by atoms with van der Waals surface area (Å²) >= 11 is 0. The first-order valence-corrected chi connectivity index (χ1v) is 11.0. The number of sulfone groups is 1. The van der Waals surface area contributed by atoms with Crippen LogP contribution in [0.2, 0.25) is 0 Å². The van der Waals surface area contributed by atoms with Crippen LogP contribution in [0, 0.1) is 21.4 Å². The van der Waals surface area contributed by atoms with Crippen LogP contribution in [-0.2, 0) is 16.4 Å². The maximum atomic E-state index is 12.1. The third kappa shape index (κ3) is 5.38. The monoisotopic (exact) mass is 469 g/mol. The van der Waals surface area contributed by atoms with Crippen LogP contribution in [0.1, 0.15) is 21.5 Å². The highest BCUT2D eigenvalue weighted by Crippen LogP contribution is 2.36. The standard InChI is InChI=1S/C20H15N5O7S/c1-33(30,31)20-23-17(22-11-12-5-3-2-4-6-12)16(25(28)29)18(24-20)32-14-8-7-13(10-21)15(9-14)19(26)27/h2-9H,11H2,1H3,(H,26,27)(H,22,23,24). The van der Waals surface area contributed by atoms with E-state index in [1.54, 1.807) is 36.4 Å². The highest BCUT2D eigenvalue weighted by molar-refractivity contribution is 7.90. The molecule has 0 spiro atoms. The molecule has 0 saturated heterocycles. The van der Waals surface area contributed by atoms with Gasteiger partial charge in [0.05, 0.1) is 16.1 Å². The minimum absolute atomic E-state index is 0.0847. The average Bonchev–Trinajstić information content (AvgIpc) is 2.77. The zero-order chi connectivity index (χ0) is 24.2. The van der Waals surface area contributed by atoms with Crippen LogP contribution in [0.5, 0.6) is 11.6 Å². The molecule has 0 unspecified atom stereocenters. The molecule has 0 bridgehead atoms. The van der Waals surface area contributed by atoms with E-state index in [4.69, 9.17) is 10.00 Å². The van der Waals surface area contributed by atoms with Gasteiger partial charge in [0.25, 0.3) is 5.16 Å². The number of benzene rings is 2. The topological polar surface area (TPSA) is 185 Å². The number of aromatic carboxylic acids is 1. The summed E-state index contributed by atoms with van der Waals surface area (Å²) in [5.74, 6) is -2.74. The van der Waals surface area contributed by atoms with E-state index in [0.717, 1.165) is 24.0 Å². The highest BCUT2D eigenvalue weighted by atomic mass is 32.2. The molecule has 1 aromatic heterocycles. The number of carbonyl (C=O) groups is 1. The van der Waals surface area contributed by atoms with Gasteiger partial charge in [-0.05, 0) is 23.8 Å². The molecule has 0 radical (unpaired) electrons. The fourth-order valence-corrected chi connectivity index (χ4v) is 3.20. The smallest absolute Gasteiger partial charge is 0.373 e. The number of ether oxygens (including phenoxy) is 1. The van der Waals surface area contributed by atoms with E-state index in [2.05, 4.69) is 15.3 Å². The Kier molecular flexibility index (Phi) is 6.50. The van der Waals surface area contributed by atoms with Crippen LogP contribution in [-0.4, -0.2) is 40.6 Å². The lowest BCUT2D eigenvalue weighted by atomic mass is 10.1. The van der Waals surface area contributed by atoms with E-state index >= 15 is 0 Å². The van der Waals surface area contributed by atoms with Gasteiger partial charge in [-0.25, -0.2) is 13.2 Å². The van der Waals surface area contributed by atoms with Crippen LogP contribution in [0.4, 0.5) is 11.5 Å². The minimum atomic E-state index is -4.00. The molecule has 13 heteroatoms. The van der Waals surface area contributed by atoms with Crippen LogP contribution in [0.25, 0.3) is 0 Å². The van der Waals surface area contributed by atoms with Gasteiger partial charge in [-0.1, -0.05) is 30.3 Å².